The van der Waals surface area contributed by atoms with Gasteiger partial charge in [-0.1, -0.05) is 66.8 Å². The number of fused-ring (bicyclic) bond motifs is 1. The smallest absolute Gasteiger partial charge is 0.134 e. The van der Waals surface area contributed by atoms with Gasteiger partial charge >= 0.3 is 0 Å². The van der Waals surface area contributed by atoms with E-state index in [1.165, 1.54) is 16.5 Å². The summed E-state index contributed by atoms with van der Waals surface area (Å²) in [5.74, 6) is 1.02. The molecule has 0 saturated carbocycles. The fourth-order valence-corrected chi connectivity index (χ4v) is 2.55. The lowest BCUT2D eigenvalue weighted by atomic mass is 10.0. The minimum Gasteiger partial charge on any atom is -0.460 e. The van der Waals surface area contributed by atoms with Crippen molar-refractivity contribution in [2.75, 3.05) is 0 Å². The molecule has 2 aromatic carbocycles. The summed E-state index contributed by atoms with van der Waals surface area (Å²) in [5.41, 5.74) is 3.44. The van der Waals surface area contributed by atoms with Crippen LogP contribution in [0.5, 0.6) is 0 Å². The van der Waals surface area contributed by atoms with Crippen LogP contribution in [0.2, 0.25) is 0 Å². The van der Waals surface area contributed by atoms with Crippen LogP contribution in [-0.2, 0) is 12.8 Å². The summed E-state index contributed by atoms with van der Waals surface area (Å²) in [6, 6.07) is 18.6. The molecule has 0 saturated heterocycles. The zero-order valence-corrected chi connectivity index (χ0v) is 12.0. The van der Waals surface area contributed by atoms with E-state index in [-0.39, 0.29) is 0 Å². The number of hydrogen-bond donors (Lipinski definition) is 0. The third kappa shape index (κ3) is 2.97. The van der Waals surface area contributed by atoms with Gasteiger partial charge in [0.2, 0.25) is 0 Å². The van der Waals surface area contributed by atoms with Gasteiger partial charge in [0.05, 0.1) is 0 Å². The molecule has 1 nitrogen and oxygen atoms in total. The highest BCUT2D eigenvalue weighted by Crippen LogP contribution is 2.27. The van der Waals surface area contributed by atoms with Crippen molar-refractivity contribution in [2.45, 2.75) is 12.8 Å². The standard InChI is InChI=1S/C20H18O/c1-2-9-19-18(17-13-6-7-15-20(17)21-19)14-8-12-16-10-4-3-5-11-16/h2-8,10-13,15H,1,9,14H2/b12-8+. The van der Waals surface area contributed by atoms with E-state index in [2.05, 4.69) is 55.1 Å². The molecule has 0 N–H and O–H groups in total. The molecule has 0 unspecified atom stereocenters. The van der Waals surface area contributed by atoms with E-state index in [1.807, 2.05) is 24.3 Å². The highest BCUT2D eigenvalue weighted by atomic mass is 16.3. The number of para-hydroxylation sites is 1. The van der Waals surface area contributed by atoms with Crippen LogP contribution in [0.1, 0.15) is 16.9 Å². The van der Waals surface area contributed by atoms with Crippen LogP contribution in [0, 0.1) is 0 Å². The van der Waals surface area contributed by atoms with E-state index in [0.29, 0.717) is 0 Å². The number of benzene rings is 2. The van der Waals surface area contributed by atoms with Crippen LogP contribution in [0.3, 0.4) is 0 Å². The number of furan rings is 1. The predicted octanol–water partition coefficient (Wildman–Crippen LogP) is 5.42. The van der Waals surface area contributed by atoms with Crippen LogP contribution in [0.15, 0.2) is 77.7 Å². The maximum atomic E-state index is 5.94. The zero-order chi connectivity index (χ0) is 14.5. The van der Waals surface area contributed by atoms with Crippen molar-refractivity contribution in [3.05, 3.63) is 90.2 Å². The van der Waals surface area contributed by atoms with Gasteiger partial charge in [0.1, 0.15) is 11.3 Å². The third-order valence-electron chi connectivity index (χ3n) is 3.54. The second-order valence-corrected chi connectivity index (χ2v) is 5.01. The fraction of sp³-hybridized carbons (Fsp3) is 0.100. The van der Waals surface area contributed by atoms with E-state index in [0.717, 1.165) is 24.2 Å². The van der Waals surface area contributed by atoms with Crippen LogP contribution in [0.25, 0.3) is 17.0 Å². The molecule has 0 aliphatic heterocycles. The van der Waals surface area contributed by atoms with Gasteiger partial charge < -0.3 is 4.42 Å². The highest BCUT2D eigenvalue weighted by molar-refractivity contribution is 5.82. The minimum absolute atomic E-state index is 0.767. The maximum absolute atomic E-state index is 5.94. The average molecular weight is 274 g/mol. The molecule has 0 aliphatic rings. The third-order valence-corrected chi connectivity index (χ3v) is 3.54. The maximum Gasteiger partial charge on any atom is 0.134 e. The number of hydrogen-bond acceptors (Lipinski definition) is 1. The molecule has 0 amide bonds. The molecule has 3 aromatic rings. The largest absolute Gasteiger partial charge is 0.460 e. The molecule has 21 heavy (non-hydrogen) atoms. The van der Waals surface area contributed by atoms with Gasteiger partial charge in [-0.2, -0.15) is 0 Å². The van der Waals surface area contributed by atoms with Crippen molar-refractivity contribution < 1.29 is 4.42 Å². The molecule has 1 aromatic heterocycles. The van der Waals surface area contributed by atoms with Crippen molar-refractivity contribution in [1.82, 2.24) is 0 Å². The zero-order valence-electron chi connectivity index (χ0n) is 12.0. The summed E-state index contributed by atoms with van der Waals surface area (Å²) in [7, 11) is 0. The number of rotatable bonds is 5. The summed E-state index contributed by atoms with van der Waals surface area (Å²) in [4.78, 5) is 0. The van der Waals surface area contributed by atoms with Crippen molar-refractivity contribution >= 4 is 17.0 Å². The van der Waals surface area contributed by atoms with Crippen molar-refractivity contribution in [3.8, 4) is 0 Å². The summed E-state index contributed by atoms with van der Waals surface area (Å²) >= 11 is 0. The Labute approximate surface area is 125 Å². The summed E-state index contributed by atoms with van der Waals surface area (Å²) in [6.07, 6.45) is 7.87. The first-order valence-electron chi connectivity index (χ1n) is 7.20. The SMILES string of the molecule is C=CCc1oc2ccccc2c1C/C=C/c1ccccc1. The Morgan fingerprint density at radius 3 is 2.48 bits per heavy atom. The first-order valence-corrected chi connectivity index (χ1v) is 7.20. The second kappa shape index (κ2) is 6.27. The predicted molar refractivity (Wildman–Crippen MR) is 89.3 cm³/mol. The first kappa shape index (κ1) is 13.4. The molecule has 0 fully saturated rings. The van der Waals surface area contributed by atoms with Crippen molar-refractivity contribution in [3.63, 3.8) is 0 Å². The highest BCUT2D eigenvalue weighted by Gasteiger charge is 2.11. The minimum atomic E-state index is 0.767. The molecule has 3 rings (SSSR count). The Morgan fingerprint density at radius 1 is 0.905 bits per heavy atom. The summed E-state index contributed by atoms with van der Waals surface area (Å²) in [5, 5.41) is 1.20. The van der Waals surface area contributed by atoms with Gasteiger partial charge in [-0.15, -0.1) is 6.58 Å². The van der Waals surface area contributed by atoms with Gasteiger partial charge in [-0.25, -0.2) is 0 Å². The second-order valence-electron chi connectivity index (χ2n) is 5.01. The molecule has 104 valence electrons. The lowest BCUT2D eigenvalue weighted by molar-refractivity contribution is 0.560. The fourth-order valence-electron chi connectivity index (χ4n) is 2.55. The topological polar surface area (TPSA) is 13.1 Å². The van der Waals surface area contributed by atoms with Gasteiger partial charge in [-0.05, 0) is 18.1 Å². The van der Waals surface area contributed by atoms with E-state index in [1.54, 1.807) is 0 Å². The average Bonchev–Trinajstić information content (AvgIpc) is 2.87. The molecule has 1 heterocycles. The molecular formula is C20H18O. The lowest BCUT2D eigenvalue weighted by Crippen LogP contribution is -1.86. The quantitative estimate of drug-likeness (QED) is 0.566. The molecular weight excluding hydrogens is 256 g/mol. The Kier molecular flexibility index (Phi) is 4.02. The lowest BCUT2D eigenvalue weighted by Gasteiger charge is -1.97. The van der Waals surface area contributed by atoms with Crippen LogP contribution in [-0.4, -0.2) is 0 Å². The van der Waals surface area contributed by atoms with Crippen LogP contribution < -0.4 is 0 Å². The van der Waals surface area contributed by atoms with E-state index < -0.39 is 0 Å². The van der Waals surface area contributed by atoms with Crippen LogP contribution in [0.4, 0.5) is 0 Å². The van der Waals surface area contributed by atoms with Crippen molar-refractivity contribution in [2.24, 2.45) is 0 Å². The van der Waals surface area contributed by atoms with Crippen molar-refractivity contribution in [1.29, 1.82) is 0 Å². The van der Waals surface area contributed by atoms with Crippen LogP contribution >= 0.6 is 0 Å². The molecule has 1 heteroatoms. The Hall–Kier alpha value is -2.54. The van der Waals surface area contributed by atoms with E-state index >= 15 is 0 Å². The van der Waals surface area contributed by atoms with E-state index in [9.17, 15) is 0 Å². The molecule has 0 aliphatic carbocycles. The Balaban J connectivity index is 1.90. The molecule has 0 atom stereocenters. The normalized spacial score (nSPS) is 11.2. The Morgan fingerprint density at radius 2 is 1.67 bits per heavy atom. The Bertz CT molecular complexity index is 763. The monoisotopic (exact) mass is 274 g/mol. The summed E-state index contributed by atoms with van der Waals surface area (Å²) < 4.78 is 5.94. The van der Waals surface area contributed by atoms with Gasteiger partial charge in [-0.3, -0.25) is 0 Å². The first-order chi connectivity index (χ1) is 10.4. The van der Waals surface area contributed by atoms with Gasteiger partial charge in [0.25, 0.3) is 0 Å². The van der Waals surface area contributed by atoms with Gasteiger partial charge in [0, 0.05) is 17.4 Å². The molecule has 0 bridgehead atoms. The molecule has 0 radical (unpaired) electrons. The van der Waals surface area contributed by atoms with E-state index in [4.69, 9.17) is 4.42 Å². The number of allylic oxidation sites excluding steroid dienone is 2. The van der Waals surface area contributed by atoms with Gasteiger partial charge in [0.15, 0.2) is 0 Å². The molecule has 0 spiro atoms. The summed E-state index contributed by atoms with van der Waals surface area (Å²) in [6.45, 7) is 3.82.